The number of nitrogens with two attached hydrogens (primary N) is 2. The highest BCUT2D eigenvalue weighted by atomic mass is 32.2. The molecule has 5 N–H and O–H groups in total. The molecule has 0 aromatic heterocycles. The Balaban J connectivity index is 3.36. The Morgan fingerprint density at radius 3 is 2.45 bits per heavy atom. The zero-order valence-electron chi connectivity index (χ0n) is 6.87. The van der Waals surface area contributed by atoms with Gasteiger partial charge in [0.25, 0.3) is 0 Å². The molecule has 0 aliphatic carbocycles. The van der Waals surface area contributed by atoms with Crippen molar-refractivity contribution < 1.29 is 5.11 Å². The van der Waals surface area contributed by atoms with E-state index in [4.69, 9.17) is 11.5 Å². The van der Waals surface area contributed by atoms with Gasteiger partial charge in [0.2, 0.25) is 0 Å². The lowest BCUT2D eigenvalue weighted by molar-refractivity contribution is 0.107. The highest BCUT2D eigenvalue weighted by Crippen LogP contribution is 2.11. The van der Waals surface area contributed by atoms with Gasteiger partial charge < -0.3 is 16.6 Å². The lowest BCUT2D eigenvalue weighted by Crippen LogP contribution is -2.24. The number of hydrogen-bond acceptors (Lipinski definition) is 3. The molecule has 0 radical (unpaired) electrons. The SMILES string of the molecule is CC(C)(O)CSCN=C(N)N. The quantitative estimate of drug-likeness (QED) is 0.313. The van der Waals surface area contributed by atoms with Crippen molar-refractivity contribution in [3.05, 3.63) is 0 Å². The molecule has 0 fully saturated rings. The van der Waals surface area contributed by atoms with Gasteiger partial charge in [-0.2, -0.15) is 0 Å². The molecule has 0 spiro atoms. The molecule has 0 atom stereocenters. The number of aliphatic hydroxyl groups is 1. The summed E-state index contributed by atoms with van der Waals surface area (Å²) in [5.41, 5.74) is 9.54. The first-order chi connectivity index (χ1) is 4.92. The van der Waals surface area contributed by atoms with Crippen LogP contribution in [0.25, 0.3) is 0 Å². The number of guanidine groups is 1. The standard InChI is InChI=1S/C6H15N3OS/c1-6(2,10)3-11-4-9-5(7)8/h10H,3-4H2,1-2H3,(H4,7,8,9). The average Bonchev–Trinajstić information content (AvgIpc) is 1.78. The molecule has 0 rings (SSSR count). The van der Waals surface area contributed by atoms with Crippen molar-refractivity contribution in [3.63, 3.8) is 0 Å². The van der Waals surface area contributed by atoms with E-state index in [2.05, 4.69) is 4.99 Å². The van der Waals surface area contributed by atoms with E-state index >= 15 is 0 Å². The van der Waals surface area contributed by atoms with Gasteiger partial charge in [0.05, 0.1) is 11.5 Å². The summed E-state index contributed by atoms with van der Waals surface area (Å²) in [6.45, 7) is 3.49. The van der Waals surface area contributed by atoms with Crippen LogP contribution in [0.15, 0.2) is 4.99 Å². The van der Waals surface area contributed by atoms with Crippen molar-refractivity contribution >= 4 is 17.7 Å². The van der Waals surface area contributed by atoms with E-state index in [0.717, 1.165) is 0 Å². The maximum atomic E-state index is 9.25. The molecule has 0 amide bonds. The van der Waals surface area contributed by atoms with E-state index in [1.54, 1.807) is 13.8 Å². The van der Waals surface area contributed by atoms with Crippen molar-refractivity contribution in [1.82, 2.24) is 0 Å². The highest BCUT2D eigenvalue weighted by Gasteiger charge is 2.11. The van der Waals surface area contributed by atoms with Crippen molar-refractivity contribution in [3.8, 4) is 0 Å². The molecule has 0 heterocycles. The van der Waals surface area contributed by atoms with E-state index in [1.807, 2.05) is 0 Å². The summed E-state index contributed by atoms with van der Waals surface area (Å²) in [6, 6.07) is 0. The molecular formula is C6H15N3OS. The summed E-state index contributed by atoms with van der Waals surface area (Å²) in [5.74, 6) is 1.23. The third-order valence-electron chi connectivity index (χ3n) is 0.794. The molecule has 5 heteroatoms. The third-order valence-corrected chi connectivity index (χ3v) is 2.02. The van der Waals surface area contributed by atoms with Crippen LogP contribution in [0.2, 0.25) is 0 Å². The van der Waals surface area contributed by atoms with E-state index in [0.29, 0.717) is 11.6 Å². The third kappa shape index (κ3) is 9.58. The van der Waals surface area contributed by atoms with Crippen LogP contribution in [0.1, 0.15) is 13.8 Å². The number of rotatable bonds is 4. The maximum Gasteiger partial charge on any atom is 0.186 e. The van der Waals surface area contributed by atoms with Gasteiger partial charge in [-0.15, -0.1) is 11.8 Å². The largest absolute Gasteiger partial charge is 0.390 e. The molecule has 4 nitrogen and oxygen atoms in total. The Bertz CT molecular complexity index is 137. The zero-order chi connectivity index (χ0) is 8.91. The molecule has 0 aliphatic heterocycles. The van der Waals surface area contributed by atoms with Crippen molar-refractivity contribution in [1.29, 1.82) is 0 Å². The van der Waals surface area contributed by atoms with E-state index in [-0.39, 0.29) is 5.96 Å². The number of aliphatic imine (C=N–C) groups is 1. The van der Waals surface area contributed by atoms with Crippen molar-refractivity contribution in [2.75, 3.05) is 11.6 Å². The molecule has 0 aromatic carbocycles. The van der Waals surface area contributed by atoms with Gasteiger partial charge in [-0.1, -0.05) is 0 Å². The molecule has 0 saturated heterocycles. The Labute approximate surface area is 71.1 Å². The van der Waals surface area contributed by atoms with Gasteiger partial charge in [-0.05, 0) is 13.8 Å². The van der Waals surface area contributed by atoms with Gasteiger partial charge in [0.15, 0.2) is 5.96 Å². The molecule has 0 aromatic rings. The lowest BCUT2D eigenvalue weighted by atomic mass is 10.2. The van der Waals surface area contributed by atoms with Crippen LogP contribution in [0.5, 0.6) is 0 Å². The van der Waals surface area contributed by atoms with Gasteiger partial charge in [-0.25, -0.2) is 4.99 Å². The minimum Gasteiger partial charge on any atom is -0.390 e. The van der Waals surface area contributed by atoms with Crippen LogP contribution >= 0.6 is 11.8 Å². The fourth-order valence-electron chi connectivity index (χ4n) is 0.416. The highest BCUT2D eigenvalue weighted by molar-refractivity contribution is 7.99. The Hall–Kier alpha value is -0.420. The van der Waals surface area contributed by atoms with Crippen LogP contribution in [-0.2, 0) is 0 Å². The molecule has 0 aliphatic rings. The summed E-state index contributed by atoms with van der Waals surface area (Å²) in [7, 11) is 0. The molecule has 0 saturated carbocycles. The first-order valence-corrected chi connectivity index (χ1v) is 4.43. The van der Waals surface area contributed by atoms with Gasteiger partial charge in [0, 0.05) is 5.75 Å². The van der Waals surface area contributed by atoms with Crippen LogP contribution in [0.4, 0.5) is 0 Å². The Morgan fingerprint density at radius 2 is 2.09 bits per heavy atom. The predicted molar refractivity (Wildman–Crippen MR) is 49.4 cm³/mol. The summed E-state index contributed by atoms with van der Waals surface area (Å²) < 4.78 is 0. The number of nitrogens with zero attached hydrogens (tertiary/aromatic N) is 1. The van der Waals surface area contributed by atoms with E-state index in [9.17, 15) is 5.11 Å². The van der Waals surface area contributed by atoms with Gasteiger partial charge >= 0.3 is 0 Å². The maximum absolute atomic E-state index is 9.25. The van der Waals surface area contributed by atoms with Crippen molar-refractivity contribution in [2.24, 2.45) is 16.5 Å². The second-order valence-corrected chi connectivity index (χ2v) is 3.83. The van der Waals surface area contributed by atoms with Crippen LogP contribution < -0.4 is 11.5 Å². The topological polar surface area (TPSA) is 84.6 Å². The summed E-state index contributed by atoms with van der Waals surface area (Å²) in [6.07, 6.45) is 0. The van der Waals surface area contributed by atoms with E-state index < -0.39 is 5.60 Å². The van der Waals surface area contributed by atoms with Crippen molar-refractivity contribution in [2.45, 2.75) is 19.4 Å². The second-order valence-electron chi connectivity index (χ2n) is 2.87. The first-order valence-electron chi connectivity index (χ1n) is 3.27. The smallest absolute Gasteiger partial charge is 0.186 e. The molecule has 0 unspecified atom stereocenters. The van der Waals surface area contributed by atoms with Gasteiger partial charge in [0.1, 0.15) is 0 Å². The zero-order valence-corrected chi connectivity index (χ0v) is 7.69. The first kappa shape index (κ1) is 10.6. The van der Waals surface area contributed by atoms with E-state index in [1.165, 1.54) is 11.8 Å². The fraction of sp³-hybridized carbons (Fsp3) is 0.833. The molecule has 11 heavy (non-hydrogen) atoms. The minimum absolute atomic E-state index is 0.0910. The number of thioether (sulfide) groups is 1. The number of hydrogen-bond donors (Lipinski definition) is 3. The Kier molecular flexibility index (Phi) is 4.29. The average molecular weight is 177 g/mol. The molecule has 0 bridgehead atoms. The summed E-state index contributed by atoms with van der Waals surface area (Å²) >= 11 is 1.49. The van der Waals surface area contributed by atoms with Crippen LogP contribution in [-0.4, -0.2) is 28.3 Å². The predicted octanol–water partition coefficient (Wildman–Crippen LogP) is -0.279. The van der Waals surface area contributed by atoms with Crippen LogP contribution in [0.3, 0.4) is 0 Å². The Morgan fingerprint density at radius 1 is 1.55 bits per heavy atom. The van der Waals surface area contributed by atoms with Crippen LogP contribution in [0, 0.1) is 0 Å². The second kappa shape index (κ2) is 4.46. The monoisotopic (exact) mass is 177 g/mol. The molecular weight excluding hydrogens is 162 g/mol. The van der Waals surface area contributed by atoms with Gasteiger partial charge in [-0.3, -0.25) is 0 Å². The minimum atomic E-state index is -0.649. The normalized spacial score (nSPS) is 11.2. The summed E-state index contributed by atoms with van der Waals surface area (Å²) in [4.78, 5) is 3.75. The molecule has 66 valence electrons. The lowest BCUT2D eigenvalue weighted by Gasteiger charge is -2.14. The summed E-state index contributed by atoms with van der Waals surface area (Å²) in [5, 5.41) is 9.25. The fourth-order valence-corrected chi connectivity index (χ4v) is 1.25.